The predicted octanol–water partition coefficient (Wildman–Crippen LogP) is 1.52. The minimum Gasteiger partial charge on any atom is -0.393 e. The van der Waals surface area contributed by atoms with Crippen LogP contribution in [0, 0.1) is 11.8 Å². The van der Waals surface area contributed by atoms with E-state index in [-0.39, 0.29) is 48.7 Å². The highest BCUT2D eigenvalue weighted by atomic mass is 16.3. The van der Waals surface area contributed by atoms with Gasteiger partial charge in [0.05, 0.1) is 6.10 Å². The van der Waals surface area contributed by atoms with Gasteiger partial charge in [-0.25, -0.2) is 0 Å². The summed E-state index contributed by atoms with van der Waals surface area (Å²) < 4.78 is 0. The normalized spacial score (nSPS) is 19.9. The average molecular weight is 293 g/mol. The number of piperidine rings is 1. The Morgan fingerprint density at radius 1 is 1.43 bits per heavy atom. The Hall–Kier alpha value is -1.75. The molecule has 1 aliphatic heterocycles. The summed E-state index contributed by atoms with van der Waals surface area (Å²) in [5, 5.41) is 12.2. The lowest BCUT2D eigenvalue weighted by Crippen LogP contribution is -2.39. The first-order valence-corrected chi connectivity index (χ1v) is 7.16. The van der Waals surface area contributed by atoms with Crippen LogP contribution in [-0.4, -0.2) is 28.8 Å². The maximum atomic E-state index is 12.0. The fraction of sp³-hybridized carbons (Fsp3) is 0.562. The number of carbonyl (C=O) groups is 3. The van der Waals surface area contributed by atoms with Crippen molar-refractivity contribution in [1.29, 1.82) is 0 Å². The second-order valence-corrected chi connectivity index (χ2v) is 5.71. The third kappa shape index (κ3) is 6.04. The smallest absolute Gasteiger partial charge is 0.226 e. The SMILES string of the molecule is C=C/C(C)=C/[C@H](C)C(=O)C[C@@H](O)CC1CC(=O)NC(=O)C1. The minimum absolute atomic E-state index is 0.0361. The first kappa shape index (κ1) is 17.3. The van der Waals surface area contributed by atoms with Crippen molar-refractivity contribution in [1.82, 2.24) is 5.32 Å². The summed E-state index contributed by atoms with van der Waals surface area (Å²) >= 11 is 0. The fourth-order valence-electron chi connectivity index (χ4n) is 2.46. The molecule has 0 saturated carbocycles. The Balaban J connectivity index is 2.47. The molecule has 1 saturated heterocycles. The van der Waals surface area contributed by atoms with Crippen molar-refractivity contribution in [3.8, 4) is 0 Å². The molecule has 5 nitrogen and oxygen atoms in total. The fourth-order valence-corrected chi connectivity index (χ4v) is 2.46. The van der Waals surface area contributed by atoms with E-state index in [9.17, 15) is 19.5 Å². The summed E-state index contributed by atoms with van der Waals surface area (Å²) in [6, 6.07) is 0. The summed E-state index contributed by atoms with van der Waals surface area (Å²) in [6.07, 6.45) is 3.44. The minimum atomic E-state index is -0.818. The molecule has 0 bridgehead atoms. The first-order chi connectivity index (χ1) is 9.81. The summed E-state index contributed by atoms with van der Waals surface area (Å²) in [4.78, 5) is 34.5. The van der Waals surface area contributed by atoms with Crippen LogP contribution in [0.2, 0.25) is 0 Å². The van der Waals surface area contributed by atoms with Crippen LogP contribution < -0.4 is 5.32 Å². The molecule has 21 heavy (non-hydrogen) atoms. The molecule has 0 radical (unpaired) electrons. The Morgan fingerprint density at radius 2 is 2.00 bits per heavy atom. The lowest BCUT2D eigenvalue weighted by molar-refractivity contribution is -0.135. The van der Waals surface area contributed by atoms with E-state index in [0.717, 1.165) is 5.57 Å². The van der Waals surface area contributed by atoms with E-state index >= 15 is 0 Å². The number of imide groups is 1. The molecule has 0 aromatic carbocycles. The van der Waals surface area contributed by atoms with Gasteiger partial charge < -0.3 is 5.11 Å². The standard InChI is InChI=1S/C16H23NO4/c1-4-10(2)5-11(3)14(19)9-13(18)6-12-7-15(20)17-16(21)8-12/h4-5,11-13,18H,1,6-9H2,2-3H3,(H,17,20,21)/b10-5+/t11-,13-/m0/s1. The second kappa shape index (κ2) is 7.88. The van der Waals surface area contributed by atoms with Crippen molar-refractivity contribution >= 4 is 17.6 Å². The van der Waals surface area contributed by atoms with Crippen molar-refractivity contribution in [3.63, 3.8) is 0 Å². The van der Waals surface area contributed by atoms with Gasteiger partial charge in [-0.05, 0) is 19.3 Å². The Morgan fingerprint density at radius 3 is 2.52 bits per heavy atom. The lowest BCUT2D eigenvalue weighted by atomic mass is 9.88. The highest BCUT2D eigenvalue weighted by Crippen LogP contribution is 2.21. The van der Waals surface area contributed by atoms with E-state index in [4.69, 9.17) is 0 Å². The molecular weight excluding hydrogens is 270 g/mol. The van der Waals surface area contributed by atoms with E-state index in [1.807, 2.05) is 6.92 Å². The third-order valence-corrected chi connectivity index (χ3v) is 3.61. The van der Waals surface area contributed by atoms with Crippen LogP contribution in [0.4, 0.5) is 0 Å². The number of ketones is 1. The predicted molar refractivity (Wildman–Crippen MR) is 79.2 cm³/mol. The average Bonchev–Trinajstić information content (AvgIpc) is 2.36. The third-order valence-electron chi connectivity index (χ3n) is 3.61. The van der Waals surface area contributed by atoms with Gasteiger partial charge in [0.2, 0.25) is 11.8 Å². The molecule has 0 aromatic rings. The summed E-state index contributed by atoms with van der Waals surface area (Å²) in [5.41, 5.74) is 0.917. The molecule has 1 rings (SSSR count). The molecule has 2 amide bonds. The number of Topliss-reactive ketones (excluding diaryl/α,β-unsaturated/α-hetero) is 1. The second-order valence-electron chi connectivity index (χ2n) is 5.71. The number of carbonyl (C=O) groups excluding carboxylic acids is 3. The zero-order valence-corrected chi connectivity index (χ0v) is 12.6. The lowest BCUT2D eigenvalue weighted by Gasteiger charge is -2.23. The van der Waals surface area contributed by atoms with Crippen LogP contribution in [0.3, 0.4) is 0 Å². The molecule has 2 N–H and O–H groups in total. The molecule has 1 heterocycles. The van der Waals surface area contributed by atoms with E-state index in [2.05, 4.69) is 11.9 Å². The van der Waals surface area contributed by atoms with Gasteiger partial charge in [0.15, 0.2) is 0 Å². The molecule has 116 valence electrons. The Kier molecular flexibility index (Phi) is 6.49. The van der Waals surface area contributed by atoms with E-state index in [1.54, 1.807) is 19.1 Å². The summed E-state index contributed by atoms with van der Waals surface area (Å²) in [5.74, 6) is -1.15. The van der Waals surface area contributed by atoms with Gasteiger partial charge in [-0.15, -0.1) is 0 Å². The quantitative estimate of drug-likeness (QED) is 0.550. The molecule has 0 aromatic heterocycles. The maximum Gasteiger partial charge on any atom is 0.226 e. The summed E-state index contributed by atoms with van der Waals surface area (Å²) in [7, 11) is 0. The zero-order chi connectivity index (χ0) is 16.0. The van der Waals surface area contributed by atoms with Crippen molar-refractivity contribution in [2.24, 2.45) is 11.8 Å². The van der Waals surface area contributed by atoms with Crippen LogP contribution in [0.15, 0.2) is 24.3 Å². The van der Waals surface area contributed by atoms with Crippen molar-refractivity contribution < 1.29 is 19.5 Å². The number of hydrogen-bond donors (Lipinski definition) is 2. The van der Waals surface area contributed by atoms with Crippen LogP contribution in [-0.2, 0) is 14.4 Å². The molecule has 2 atom stereocenters. The molecule has 0 aliphatic carbocycles. The number of amides is 2. The van der Waals surface area contributed by atoms with Gasteiger partial charge in [0, 0.05) is 25.2 Å². The van der Waals surface area contributed by atoms with Crippen molar-refractivity contribution in [3.05, 3.63) is 24.3 Å². The topological polar surface area (TPSA) is 83.5 Å². The number of hydrogen-bond acceptors (Lipinski definition) is 4. The van der Waals surface area contributed by atoms with E-state index in [0.29, 0.717) is 6.42 Å². The maximum absolute atomic E-state index is 12.0. The van der Waals surface area contributed by atoms with Crippen molar-refractivity contribution in [2.75, 3.05) is 0 Å². The zero-order valence-electron chi connectivity index (χ0n) is 12.6. The number of rotatable bonds is 7. The van der Waals surface area contributed by atoms with Crippen LogP contribution in [0.5, 0.6) is 0 Å². The molecule has 1 fully saturated rings. The number of aliphatic hydroxyl groups excluding tert-OH is 1. The van der Waals surface area contributed by atoms with Crippen molar-refractivity contribution in [2.45, 2.75) is 45.6 Å². The van der Waals surface area contributed by atoms with Gasteiger partial charge in [0.1, 0.15) is 5.78 Å². The number of allylic oxidation sites excluding steroid dienone is 3. The molecule has 0 unspecified atom stereocenters. The van der Waals surface area contributed by atoms with Gasteiger partial charge in [-0.1, -0.05) is 31.2 Å². The van der Waals surface area contributed by atoms with Gasteiger partial charge in [-0.3, -0.25) is 19.7 Å². The molecule has 0 spiro atoms. The van der Waals surface area contributed by atoms with Gasteiger partial charge in [0.25, 0.3) is 0 Å². The number of aliphatic hydroxyl groups is 1. The monoisotopic (exact) mass is 293 g/mol. The van der Waals surface area contributed by atoms with Gasteiger partial charge in [-0.2, -0.15) is 0 Å². The largest absolute Gasteiger partial charge is 0.393 e. The highest BCUT2D eigenvalue weighted by molar-refractivity contribution is 5.97. The van der Waals surface area contributed by atoms with Crippen LogP contribution >= 0.6 is 0 Å². The highest BCUT2D eigenvalue weighted by Gasteiger charge is 2.27. The van der Waals surface area contributed by atoms with E-state index < -0.39 is 6.10 Å². The van der Waals surface area contributed by atoms with Crippen LogP contribution in [0.25, 0.3) is 0 Å². The summed E-state index contributed by atoms with van der Waals surface area (Å²) in [6.45, 7) is 7.26. The molecule has 5 heteroatoms. The van der Waals surface area contributed by atoms with Gasteiger partial charge >= 0.3 is 0 Å². The molecular formula is C16H23NO4. The molecule has 1 aliphatic rings. The first-order valence-electron chi connectivity index (χ1n) is 7.16. The van der Waals surface area contributed by atoms with Crippen LogP contribution in [0.1, 0.15) is 39.5 Å². The van der Waals surface area contributed by atoms with E-state index in [1.165, 1.54) is 0 Å². The number of nitrogens with one attached hydrogen (secondary N) is 1. The Labute approximate surface area is 125 Å². The Bertz CT molecular complexity index is 451.